The molecular formula is C14H20N4S. The van der Waals surface area contributed by atoms with Crippen LogP contribution in [0.3, 0.4) is 0 Å². The van der Waals surface area contributed by atoms with E-state index in [0.29, 0.717) is 0 Å². The van der Waals surface area contributed by atoms with Gasteiger partial charge in [-0.1, -0.05) is 23.9 Å². The number of nitrogens with zero attached hydrogens (tertiary/aromatic N) is 2. The van der Waals surface area contributed by atoms with E-state index in [1.165, 1.54) is 26.1 Å². The summed E-state index contributed by atoms with van der Waals surface area (Å²) in [6.45, 7) is 5.85. The fourth-order valence-corrected chi connectivity index (χ4v) is 3.20. The predicted molar refractivity (Wildman–Crippen MR) is 80.7 cm³/mol. The van der Waals surface area contributed by atoms with Crippen LogP contribution in [-0.4, -0.2) is 53.3 Å². The highest BCUT2D eigenvalue weighted by atomic mass is 32.2. The highest BCUT2D eigenvalue weighted by molar-refractivity contribution is 7.99. The Kier molecular flexibility index (Phi) is 4.37. The molecule has 1 fully saturated rings. The number of rotatable bonds is 5. The van der Waals surface area contributed by atoms with E-state index in [4.69, 9.17) is 0 Å². The molecule has 0 radical (unpaired) electrons. The summed E-state index contributed by atoms with van der Waals surface area (Å²) in [5.41, 5.74) is 2.19. The molecule has 3 rings (SSSR count). The Hall–Kier alpha value is -1.04. The zero-order chi connectivity index (χ0) is 12.9. The van der Waals surface area contributed by atoms with Gasteiger partial charge >= 0.3 is 0 Å². The smallest absolute Gasteiger partial charge is 0.166 e. The van der Waals surface area contributed by atoms with Gasteiger partial charge < -0.3 is 15.2 Å². The molecule has 1 aromatic heterocycles. The molecule has 0 aliphatic carbocycles. The first-order valence-corrected chi connectivity index (χ1v) is 7.91. The van der Waals surface area contributed by atoms with Gasteiger partial charge in [0.2, 0.25) is 0 Å². The molecule has 2 N–H and O–H groups in total. The van der Waals surface area contributed by atoms with Gasteiger partial charge in [0.05, 0.1) is 11.0 Å². The molecule has 2 aromatic rings. The van der Waals surface area contributed by atoms with E-state index in [1.807, 2.05) is 23.9 Å². The number of thioether (sulfide) groups is 1. The Morgan fingerprint density at radius 2 is 2.05 bits per heavy atom. The summed E-state index contributed by atoms with van der Waals surface area (Å²) < 4.78 is 0. The molecule has 5 heteroatoms. The van der Waals surface area contributed by atoms with Crippen molar-refractivity contribution in [2.45, 2.75) is 11.6 Å². The van der Waals surface area contributed by atoms with Gasteiger partial charge in [0.25, 0.3) is 0 Å². The number of hydrogen-bond acceptors (Lipinski definition) is 4. The molecule has 2 heterocycles. The van der Waals surface area contributed by atoms with Crippen LogP contribution >= 0.6 is 11.8 Å². The number of piperazine rings is 1. The molecule has 1 aliphatic heterocycles. The summed E-state index contributed by atoms with van der Waals surface area (Å²) in [6.07, 6.45) is 1.22. The lowest BCUT2D eigenvalue weighted by Gasteiger charge is -2.26. The molecule has 0 saturated carbocycles. The van der Waals surface area contributed by atoms with Crippen LogP contribution in [0.4, 0.5) is 0 Å². The third kappa shape index (κ3) is 3.49. The van der Waals surface area contributed by atoms with Crippen molar-refractivity contribution in [3.05, 3.63) is 24.3 Å². The average molecular weight is 276 g/mol. The Balaban J connectivity index is 1.44. The van der Waals surface area contributed by atoms with Crippen LogP contribution in [0.2, 0.25) is 0 Å². The van der Waals surface area contributed by atoms with Crippen LogP contribution < -0.4 is 5.32 Å². The first kappa shape index (κ1) is 13.0. The van der Waals surface area contributed by atoms with Crippen molar-refractivity contribution in [2.24, 2.45) is 0 Å². The van der Waals surface area contributed by atoms with Gasteiger partial charge in [-0.25, -0.2) is 4.98 Å². The first-order chi connectivity index (χ1) is 9.42. The molecular weight excluding hydrogens is 256 g/mol. The van der Waals surface area contributed by atoms with Gasteiger partial charge in [0.1, 0.15) is 0 Å². The molecule has 1 aromatic carbocycles. The minimum atomic E-state index is 1.04. The molecule has 1 saturated heterocycles. The second kappa shape index (κ2) is 6.41. The summed E-state index contributed by atoms with van der Waals surface area (Å²) >= 11 is 1.83. The standard InChI is InChI=1S/C14H20N4S/c1-2-5-13-12(4-1)16-14(17-13)19-11-3-8-18-9-6-15-7-10-18/h1-2,4-5,15H,3,6-11H2,(H,16,17). The number of nitrogens with one attached hydrogen (secondary N) is 2. The second-order valence-electron chi connectivity index (χ2n) is 4.85. The Labute approximate surface area is 118 Å². The van der Waals surface area contributed by atoms with Crippen LogP contribution in [0.25, 0.3) is 11.0 Å². The minimum absolute atomic E-state index is 1.04. The van der Waals surface area contributed by atoms with E-state index in [2.05, 4.69) is 32.3 Å². The van der Waals surface area contributed by atoms with Crippen LogP contribution in [0, 0.1) is 0 Å². The molecule has 102 valence electrons. The van der Waals surface area contributed by atoms with Crippen molar-refractivity contribution >= 4 is 22.8 Å². The number of H-pyrrole nitrogens is 1. The molecule has 0 amide bonds. The maximum absolute atomic E-state index is 4.58. The predicted octanol–water partition coefficient (Wildman–Crippen LogP) is 1.95. The monoisotopic (exact) mass is 276 g/mol. The number of hydrogen-bond donors (Lipinski definition) is 2. The lowest BCUT2D eigenvalue weighted by atomic mass is 10.3. The number of imidazole rings is 1. The van der Waals surface area contributed by atoms with Gasteiger partial charge in [-0.05, 0) is 25.1 Å². The minimum Gasteiger partial charge on any atom is -0.333 e. The highest BCUT2D eigenvalue weighted by Crippen LogP contribution is 2.19. The summed E-state index contributed by atoms with van der Waals surface area (Å²) in [5, 5.41) is 4.43. The second-order valence-corrected chi connectivity index (χ2v) is 5.94. The number of aromatic amines is 1. The highest BCUT2D eigenvalue weighted by Gasteiger charge is 2.08. The average Bonchev–Trinajstić information content (AvgIpc) is 2.87. The van der Waals surface area contributed by atoms with Gasteiger partial charge in [-0.3, -0.25) is 0 Å². The quantitative estimate of drug-likeness (QED) is 0.647. The maximum atomic E-state index is 4.58. The van der Waals surface area contributed by atoms with E-state index in [0.717, 1.165) is 35.0 Å². The van der Waals surface area contributed by atoms with Gasteiger partial charge in [-0.15, -0.1) is 0 Å². The topological polar surface area (TPSA) is 44.0 Å². The van der Waals surface area contributed by atoms with E-state index in [9.17, 15) is 0 Å². The van der Waals surface area contributed by atoms with Crippen molar-refractivity contribution in [1.29, 1.82) is 0 Å². The van der Waals surface area contributed by atoms with Gasteiger partial charge in [-0.2, -0.15) is 0 Å². The molecule has 1 aliphatic rings. The van der Waals surface area contributed by atoms with Crippen LogP contribution in [0.15, 0.2) is 29.4 Å². The largest absolute Gasteiger partial charge is 0.333 e. The Morgan fingerprint density at radius 1 is 1.21 bits per heavy atom. The molecule has 0 atom stereocenters. The fraction of sp³-hybridized carbons (Fsp3) is 0.500. The van der Waals surface area contributed by atoms with Crippen molar-refractivity contribution in [3.8, 4) is 0 Å². The number of aromatic nitrogens is 2. The van der Waals surface area contributed by atoms with Crippen molar-refractivity contribution in [1.82, 2.24) is 20.2 Å². The fourth-order valence-electron chi connectivity index (χ4n) is 2.39. The van der Waals surface area contributed by atoms with Crippen molar-refractivity contribution in [2.75, 3.05) is 38.5 Å². The van der Waals surface area contributed by atoms with Crippen molar-refractivity contribution < 1.29 is 0 Å². The van der Waals surface area contributed by atoms with Gasteiger partial charge in [0.15, 0.2) is 5.16 Å². The Bertz CT molecular complexity index is 486. The zero-order valence-corrected chi connectivity index (χ0v) is 11.9. The van der Waals surface area contributed by atoms with Crippen molar-refractivity contribution in [3.63, 3.8) is 0 Å². The van der Waals surface area contributed by atoms with Crippen LogP contribution in [0.5, 0.6) is 0 Å². The molecule has 19 heavy (non-hydrogen) atoms. The Morgan fingerprint density at radius 3 is 2.89 bits per heavy atom. The third-order valence-corrected chi connectivity index (χ3v) is 4.39. The SMILES string of the molecule is c1ccc2[nH]c(SCCCN3CCNCC3)nc2c1. The van der Waals surface area contributed by atoms with E-state index < -0.39 is 0 Å². The molecule has 0 spiro atoms. The first-order valence-electron chi connectivity index (χ1n) is 6.92. The summed E-state index contributed by atoms with van der Waals surface area (Å²) in [6, 6.07) is 8.20. The van der Waals surface area contributed by atoms with E-state index in [-0.39, 0.29) is 0 Å². The van der Waals surface area contributed by atoms with Gasteiger partial charge in [0, 0.05) is 31.9 Å². The molecule has 4 nitrogen and oxygen atoms in total. The third-order valence-electron chi connectivity index (χ3n) is 3.43. The van der Waals surface area contributed by atoms with Crippen LogP contribution in [0.1, 0.15) is 6.42 Å². The lowest BCUT2D eigenvalue weighted by molar-refractivity contribution is 0.242. The lowest BCUT2D eigenvalue weighted by Crippen LogP contribution is -2.43. The number of para-hydroxylation sites is 2. The van der Waals surface area contributed by atoms with Crippen LogP contribution in [-0.2, 0) is 0 Å². The summed E-state index contributed by atoms with van der Waals surface area (Å²) in [7, 11) is 0. The summed E-state index contributed by atoms with van der Waals surface area (Å²) in [4.78, 5) is 10.5. The number of benzene rings is 1. The maximum Gasteiger partial charge on any atom is 0.166 e. The normalized spacial score (nSPS) is 17.1. The molecule has 0 bridgehead atoms. The number of fused-ring (bicyclic) bond motifs is 1. The zero-order valence-electron chi connectivity index (χ0n) is 11.1. The molecule has 0 unspecified atom stereocenters. The van der Waals surface area contributed by atoms with E-state index in [1.54, 1.807) is 0 Å². The summed E-state index contributed by atoms with van der Waals surface area (Å²) in [5.74, 6) is 1.13. The van der Waals surface area contributed by atoms with E-state index >= 15 is 0 Å².